The lowest BCUT2D eigenvalue weighted by molar-refractivity contribution is -0.133. The van der Waals surface area contributed by atoms with Crippen LogP contribution in [0.2, 0.25) is 0 Å². The van der Waals surface area contributed by atoms with Crippen LogP contribution in [0.4, 0.5) is 11.6 Å². The molecule has 104 valence electrons. The molecule has 1 aromatic heterocycles. The van der Waals surface area contributed by atoms with Crippen LogP contribution in [0.25, 0.3) is 0 Å². The SMILES string of the molecule is CC(C(=O)Nc1cccc(N)n1)N(C=O)C(C)(C)C. The van der Waals surface area contributed by atoms with E-state index in [1.54, 1.807) is 25.1 Å². The van der Waals surface area contributed by atoms with Gasteiger partial charge in [0.1, 0.15) is 17.7 Å². The first-order valence-corrected chi connectivity index (χ1v) is 6.03. The second-order valence-electron chi connectivity index (χ2n) is 5.30. The van der Waals surface area contributed by atoms with Gasteiger partial charge in [-0.2, -0.15) is 0 Å². The number of nitrogen functional groups attached to an aromatic ring is 1. The quantitative estimate of drug-likeness (QED) is 0.801. The Hall–Kier alpha value is -2.11. The Bertz CT molecular complexity index is 468. The summed E-state index contributed by atoms with van der Waals surface area (Å²) >= 11 is 0. The van der Waals surface area contributed by atoms with Crippen LogP contribution < -0.4 is 11.1 Å². The summed E-state index contributed by atoms with van der Waals surface area (Å²) in [7, 11) is 0. The first-order chi connectivity index (χ1) is 8.75. The topological polar surface area (TPSA) is 88.3 Å². The van der Waals surface area contributed by atoms with E-state index in [9.17, 15) is 9.59 Å². The number of hydrogen-bond acceptors (Lipinski definition) is 4. The number of amides is 2. The maximum atomic E-state index is 12.1. The van der Waals surface area contributed by atoms with E-state index in [0.29, 0.717) is 18.0 Å². The Balaban J connectivity index is 2.80. The summed E-state index contributed by atoms with van der Waals surface area (Å²) in [5.74, 6) is 0.394. The number of rotatable bonds is 4. The number of carbonyl (C=O) groups excluding carboxylic acids is 2. The third-order valence-corrected chi connectivity index (χ3v) is 2.71. The van der Waals surface area contributed by atoms with Crippen molar-refractivity contribution in [2.45, 2.75) is 39.3 Å². The van der Waals surface area contributed by atoms with E-state index in [1.807, 2.05) is 20.8 Å². The summed E-state index contributed by atoms with van der Waals surface area (Å²) in [4.78, 5) is 28.6. The van der Waals surface area contributed by atoms with Gasteiger partial charge in [0.25, 0.3) is 0 Å². The molecule has 0 aliphatic heterocycles. The molecular weight excluding hydrogens is 244 g/mol. The van der Waals surface area contributed by atoms with Crippen molar-refractivity contribution < 1.29 is 9.59 Å². The van der Waals surface area contributed by atoms with E-state index in [-0.39, 0.29) is 5.91 Å². The van der Waals surface area contributed by atoms with Gasteiger partial charge in [-0.15, -0.1) is 0 Å². The van der Waals surface area contributed by atoms with Crippen molar-refractivity contribution in [2.24, 2.45) is 0 Å². The maximum Gasteiger partial charge on any atom is 0.248 e. The van der Waals surface area contributed by atoms with E-state index in [0.717, 1.165) is 0 Å². The van der Waals surface area contributed by atoms with Crippen LogP contribution in [-0.2, 0) is 9.59 Å². The molecule has 0 saturated carbocycles. The van der Waals surface area contributed by atoms with Gasteiger partial charge in [0, 0.05) is 5.54 Å². The predicted octanol–water partition coefficient (Wildman–Crippen LogP) is 1.25. The number of hydrogen-bond donors (Lipinski definition) is 2. The maximum absolute atomic E-state index is 12.1. The predicted molar refractivity (Wildman–Crippen MR) is 74.4 cm³/mol. The zero-order valence-electron chi connectivity index (χ0n) is 11.7. The van der Waals surface area contributed by atoms with Crippen LogP contribution in [0, 0.1) is 0 Å². The van der Waals surface area contributed by atoms with E-state index < -0.39 is 11.6 Å². The molecule has 1 heterocycles. The fourth-order valence-corrected chi connectivity index (χ4v) is 1.71. The highest BCUT2D eigenvalue weighted by atomic mass is 16.2. The molecular formula is C13H20N4O2. The zero-order chi connectivity index (χ0) is 14.6. The molecule has 0 aliphatic carbocycles. The van der Waals surface area contributed by atoms with Gasteiger partial charge >= 0.3 is 0 Å². The monoisotopic (exact) mass is 264 g/mol. The summed E-state index contributed by atoms with van der Waals surface area (Å²) in [6, 6.07) is 4.37. The van der Waals surface area contributed by atoms with Crippen molar-refractivity contribution >= 4 is 24.0 Å². The van der Waals surface area contributed by atoms with E-state index in [1.165, 1.54) is 4.90 Å². The number of aromatic nitrogens is 1. The van der Waals surface area contributed by atoms with Crippen LogP contribution in [0.15, 0.2) is 18.2 Å². The first-order valence-electron chi connectivity index (χ1n) is 6.03. The number of carbonyl (C=O) groups is 2. The minimum absolute atomic E-state index is 0.305. The van der Waals surface area contributed by atoms with E-state index in [4.69, 9.17) is 5.73 Å². The van der Waals surface area contributed by atoms with Crippen molar-refractivity contribution in [2.75, 3.05) is 11.1 Å². The Labute approximate surface area is 113 Å². The molecule has 0 spiro atoms. The highest BCUT2D eigenvalue weighted by Gasteiger charge is 2.29. The summed E-state index contributed by atoms with van der Waals surface area (Å²) in [6.45, 7) is 7.26. The third-order valence-electron chi connectivity index (χ3n) is 2.71. The van der Waals surface area contributed by atoms with Crippen LogP contribution >= 0.6 is 0 Å². The van der Waals surface area contributed by atoms with Gasteiger partial charge in [-0.05, 0) is 39.8 Å². The molecule has 6 nitrogen and oxygen atoms in total. The minimum atomic E-state index is -0.597. The molecule has 3 N–H and O–H groups in total. The van der Waals surface area contributed by atoms with Crippen LogP contribution in [0.5, 0.6) is 0 Å². The molecule has 6 heteroatoms. The molecule has 1 atom stereocenters. The molecule has 1 unspecified atom stereocenters. The van der Waals surface area contributed by atoms with Gasteiger partial charge < -0.3 is 16.0 Å². The van der Waals surface area contributed by atoms with Crippen molar-refractivity contribution in [1.29, 1.82) is 0 Å². The second-order valence-corrected chi connectivity index (χ2v) is 5.30. The lowest BCUT2D eigenvalue weighted by Crippen LogP contribution is -2.51. The van der Waals surface area contributed by atoms with Gasteiger partial charge in [0.2, 0.25) is 12.3 Å². The number of pyridine rings is 1. The molecule has 1 aromatic rings. The van der Waals surface area contributed by atoms with Gasteiger partial charge in [0.15, 0.2) is 0 Å². The van der Waals surface area contributed by atoms with Gasteiger partial charge in [0.05, 0.1) is 0 Å². The van der Waals surface area contributed by atoms with Crippen LogP contribution in [-0.4, -0.2) is 33.8 Å². The minimum Gasteiger partial charge on any atom is -0.384 e. The number of anilines is 2. The van der Waals surface area contributed by atoms with Crippen molar-refractivity contribution in [3.63, 3.8) is 0 Å². The zero-order valence-corrected chi connectivity index (χ0v) is 11.7. The largest absolute Gasteiger partial charge is 0.384 e. The van der Waals surface area contributed by atoms with Crippen molar-refractivity contribution in [3.8, 4) is 0 Å². The standard InChI is InChI=1S/C13H20N4O2/c1-9(17(8-18)13(2,3)4)12(19)16-11-7-5-6-10(14)15-11/h5-9H,1-4H3,(H3,14,15,16,19). The normalized spacial score (nSPS) is 12.6. The van der Waals surface area contributed by atoms with Gasteiger partial charge in [-0.1, -0.05) is 6.07 Å². The fraction of sp³-hybridized carbons (Fsp3) is 0.462. The number of nitrogens with zero attached hydrogens (tertiary/aromatic N) is 2. The molecule has 0 fully saturated rings. The third kappa shape index (κ3) is 3.94. The van der Waals surface area contributed by atoms with E-state index in [2.05, 4.69) is 10.3 Å². The highest BCUT2D eigenvalue weighted by Crippen LogP contribution is 2.16. The van der Waals surface area contributed by atoms with Gasteiger partial charge in [-0.25, -0.2) is 4.98 Å². The average Bonchev–Trinajstić information content (AvgIpc) is 2.27. The van der Waals surface area contributed by atoms with Crippen LogP contribution in [0.1, 0.15) is 27.7 Å². The van der Waals surface area contributed by atoms with E-state index >= 15 is 0 Å². The second kappa shape index (κ2) is 5.69. The Morgan fingerprint density at radius 2 is 2.11 bits per heavy atom. The summed E-state index contributed by atoms with van der Waals surface area (Å²) in [6.07, 6.45) is 0.678. The molecule has 0 bridgehead atoms. The number of nitrogens with one attached hydrogen (secondary N) is 1. The van der Waals surface area contributed by atoms with Crippen LogP contribution in [0.3, 0.4) is 0 Å². The number of nitrogens with two attached hydrogens (primary N) is 1. The summed E-state index contributed by atoms with van der Waals surface area (Å²) < 4.78 is 0. The molecule has 1 rings (SSSR count). The van der Waals surface area contributed by atoms with Gasteiger partial charge in [-0.3, -0.25) is 9.59 Å². The van der Waals surface area contributed by atoms with Crippen molar-refractivity contribution in [3.05, 3.63) is 18.2 Å². The average molecular weight is 264 g/mol. The molecule has 0 aromatic carbocycles. The highest BCUT2D eigenvalue weighted by molar-refractivity contribution is 5.95. The smallest absolute Gasteiger partial charge is 0.248 e. The molecule has 0 aliphatic rings. The lowest BCUT2D eigenvalue weighted by Gasteiger charge is -2.36. The Morgan fingerprint density at radius 3 is 2.58 bits per heavy atom. The summed E-state index contributed by atoms with van der Waals surface area (Å²) in [5.41, 5.74) is 5.11. The molecule has 0 saturated heterocycles. The summed E-state index contributed by atoms with van der Waals surface area (Å²) in [5, 5.41) is 2.64. The fourth-order valence-electron chi connectivity index (χ4n) is 1.71. The molecule has 2 amide bonds. The first kappa shape index (κ1) is 14.9. The Morgan fingerprint density at radius 1 is 1.47 bits per heavy atom. The van der Waals surface area contributed by atoms with Crippen molar-refractivity contribution in [1.82, 2.24) is 9.88 Å². The lowest BCUT2D eigenvalue weighted by atomic mass is 10.0. The molecule has 0 radical (unpaired) electrons. The molecule has 19 heavy (non-hydrogen) atoms. The Kier molecular flexibility index (Phi) is 4.47.